The lowest BCUT2D eigenvalue weighted by molar-refractivity contribution is -0.158. The maximum atomic E-state index is 12.8. The molecule has 154 valence electrons. The van der Waals surface area contributed by atoms with Crippen LogP contribution in [0.2, 0.25) is 0 Å². The van der Waals surface area contributed by atoms with E-state index in [0.29, 0.717) is 17.7 Å². The maximum absolute atomic E-state index is 12.8. The van der Waals surface area contributed by atoms with E-state index in [4.69, 9.17) is 14.2 Å². The van der Waals surface area contributed by atoms with Crippen LogP contribution in [-0.2, 0) is 36.8 Å². The number of carbonyl (C=O) groups is 3. The Bertz CT molecular complexity index is 1030. The van der Waals surface area contributed by atoms with E-state index in [-0.39, 0.29) is 13.2 Å². The van der Waals surface area contributed by atoms with Crippen LogP contribution in [0.15, 0.2) is 54.1 Å². The van der Waals surface area contributed by atoms with Gasteiger partial charge in [-0.3, -0.25) is 4.79 Å². The minimum Gasteiger partial charge on any atom is -0.488 e. The lowest BCUT2D eigenvalue weighted by Crippen LogP contribution is -2.50. The van der Waals surface area contributed by atoms with E-state index in [0.717, 1.165) is 16.7 Å². The second kappa shape index (κ2) is 8.41. The average molecular weight is 407 g/mol. The quantitative estimate of drug-likeness (QED) is 0.723. The van der Waals surface area contributed by atoms with Crippen molar-refractivity contribution in [1.29, 1.82) is 0 Å². The Balaban J connectivity index is 1.44. The van der Waals surface area contributed by atoms with Crippen molar-refractivity contribution in [2.24, 2.45) is 0 Å². The molecule has 1 amide bonds. The Hall–Kier alpha value is -3.61. The lowest BCUT2D eigenvalue weighted by Gasteiger charge is -2.35. The third-order valence-corrected chi connectivity index (χ3v) is 5.26. The Labute approximate surface area is 173 Å². The summed E-state index contributed by atoms with van der Waals surface area (Å²) in [6.45, 7) is -0.134. The summed E-state index contributed by atoms with van der Waals surface area (Å²) in [4.78, 5) is 38.9. The first kappa shape index (κ1) is 19.7. The van der Waals surface area contributed by atoms with Crippen LogP contribution in [0.3, 0.4) is 0 Å². The highest BCUT2D eigenvalue weighted by Gasteiger charge is 2.35. The van der Waals surface area contributed by atoms with Crippen molar-refractivity contribution in [2.45, 2.75) is 19.0 Å². The average Bonchev–Trinajstić information content (AvgIpc) is 2.80. The molecule has 2 heterocycles. The molecule has 0 radical (unpaired) electrons. The molecule has 2 aliphatic heterocycles. The molecule has 0 fully saturated rings. The minimum atomic E-state index is -0.750. The Morgan fingerprint density at radius 3 is 2.60 bits per heavy atom. The third-order valence-electron chi connectivity index (χ3n) is 5.26. The van der Waals surface area contributed by atoms with Gasteiger partial charge in [0.2, 0.25) is 0 Å². The van der Waals surface area contributed by atoms with Crippen molar-refractivity contribution in [2.75, 3.05) is 20.3 Å². The molecule has 0 saturated carbocycles. The van der Waals surface area contributed by atoms with Gasteiger partial charge < -0.3 is 19.1 Å². The molecule has 4 rings (SSSR count). The van der Waals surface area contributed by atoms with Gasteiger partial charge in [0, 0.05) is 18.5 Å². The fourth-order valence-electron chi connectivity index (χ4n) is 3.67. The number of rotatable bonds is 4. The summed E-state index contributed by atoms with van der Waals surface area (Å²) in [6, 6.07) is 14.2. The smallest absolute Gasteiger partial charge is 0.338 e. The molecule has 7 nitrogen and oxygen atoms in total. The van der Waals surface area contributed by atoms with Crippen LogP contribution >= 0.6 is 0 Å². The summed E-state index contributed by atoms with van der Waals surface area (Å²) < 4.78 is 15.7. The minimum absolute atomic E-state index is 0.0753. The van der Waals surface area contributed by atoms with E-state index in [1.54, 1.807) is 6.08 Å². The molecule has 2 aromatic rings. The predicted octanol–water partition coefficient (Wildman–Crippen LogP) is 2.13. The largest absolute Gasteiger partial charge is 0.488 e. The molecular weight excluding hydrogens is 386 g/mol. The van der Waals surface area contributed by atoms with Crippen molar-refractivity contribution < 1.29 is 28.6 Å². The van der Waals surface area contributed by atoms with Gasteiger partial charge in [-0.15, -0.1) is 0 Å². The summed E-state index contributed by atoms with van der Waals surface area (Å²) in [5, 5.41) is 0. The van der Waals surface area contributed by atoms with Crippen LogP contribution in [0.4, 0.5) is 0 Å². The van der Waals surface area contributed by atoms with Gasteiger partial charge >= 0.3 is 11.9 Å². The van der Waals surface area contributed by atoms with E-state index in [9.17, 15) is 14.4 Å². The number of nitrogens with zero attached hydrogens (tertiary/aromatic N) is 1. The van der Waals surface area contributed by atoms with Gasteiger partial charge in [-0.2, -0.15) is 0 Å². The molecule has 2 aliphatic rings. The summed E-state index contributed by atoms with van der Waals surface area (Å²) in [6.07, 6.45) is 2.05. The molecule has 0 spiro atoms. The first-order valence-electron chi connectivity index (χ1n) is 9.60. The number of esters is 2. The summed E-state index contributed by atoms with van der Waals surface area (Å²) >= 11 is 0. The number of fused-ring (bicyclic) bond motifs is 2. The van der Waals surface area contributed by atoms with Gasteiger partial charge in [-0.25, -0.2) is 9.59 Å². The molecule has 0 N–H and O–H groups in total. The first-order chi connectivity index (χ1) is 14.6. The number of para-hydroxylation sites is 1. The fraction of sp³-hybridized carbons (Fsp3) is 0.261. The summed E-state index contributed by atoms with van der Waals surface area (Å²) in [5.41, 5.74) is 3.06. The molecule has 0 saturated heterocycles. The number of ether oxygens (including phenoxy) is 3. The number of methoxy groups -OCH3 is 1. The molecular formula is C23H21NO6. The van der Waals surface area contributed by atoms with Crippen molar-refractivity contribution in [3.8, 4) is 5.75 Å². The number of carbonyl (C=O) groups excluding carboxylic acids is 3. The van der Waals surface area contributed by atoms with Gasteiger partial charge in [0.1, 0.15) is 18.4 Å². The number of hydrogen-bond donors (Lipinski definition) is 0. The Kier molecular flexibility index (Phi) is 5.52. The van der Waals surface area contributed by atoms with E-state index >= 15 is 0 Å². The van der Waals surface area contributed by atoms with Gasteiger partial charge in [0.05, 0.1) is 12.7 Å². The van der Waals surface area contributed by atoms with E-state index in [1.807, 2.05) is 48.5 Å². The molecule has 30 heavy (non-hydrogen) atoms. The Morgan fingerprint density at radius 2 is 1.80 bits per heavy atom. The van der Waals surface area contributed by atoms with Crippen LogP contribution in [-0.4, -0.2) is 49.1 Å². The lowest BCUT2D eigenvalue weighted by atomic mass is 9.94. The maximum Gasteiger partial charge on any atom is 0.338 e. The first-order valence-corrected chi connectivity index (χ1v) is 9.60. The summed E-state index contributed by atoms with van der Waals surface area (Å²) in [7, 11) is 1.29. The monoisotopic (exact) mass is 407 g/mol. The van der Waals surface area contributed by atoms with Crippen LogP contribution in [0.25, 0.3) is 6.08 Å². The molecule has 0 aromatic heterocycles. The normalized spacial score (nSPS) is 17.0. The topological polar surface area (TPSA) is 82.1 Å². The third kappa shape index (κ3) is 3.91. The SMILES string of the molecule is COC(=O)[C@@H]1Cc2ccccc2CN1C(=O)COC(=O)C1=Cc2ccccc2OC1. The van der Waals surface area contributed by atoms with E-state index in [2.05, 4.69) is 0 Å². The van der Waals surface area contributed by atoms with Gasteiger partial charge in [0.25, 0.3) is 5.91 Å². The second-order valence-corrected chi connectivity index (χ2v) is 7.11. The van der Waals surface area contributed by atoms with Crippen LogP contribution < -0.4 is 4.74 Å². The zero-order valence-electron chi connectivity index (χ0n) is 16.5. The molecule has 2 aromatic carbocycles. The zero-order chi connectivity index (χ0) is 21.1. The molecule has 1 atom stereocenters. The standard InChI is InChI=1S/C23H21NO6/c1-28-23(27)19-11-15-6-2-3-8-17(15)12-24(19)21(25)14-30-22(26)18-10-16-7-4-5-9-20(16)29-13-18/h2-10,19H,11-14H2,1H3/t19-/m0/s1. The van der Waals surface area contributed by atoms with Crippen LogP contribution in [0.5, 0.6) is 5.75 Å². The second-order valence-electron chi connectivity index (χ2n) is 7.11. The van der Waals surface area contributed by atoms with Crippen molar-refractivity contribution in [3.05, 3.63) is 70.8 Å². The van der Waals surface area contributed by atoms with Crippen molar-refractivity contribution >= 4 is 23.9 Å². The van der Waals surface area contributed by atoms with Gasteiger partial charge in [0.15, 0.2) is 6.61 Å². The molecule has 0 bridgehead atoms. The zero-order valence-corrected chi connectivity index (χ0v) is 16.5. The number of hydrogen-bond acceptors (Lipinski definition) is 6. The highest BCUT2D eigenvalue weighted by Crippen LogP contribution is 2.27. The van der Waals surface area contributed by atoms with Crippen LogP contribution in [0, 0.1) is 0 Å². The number of amides is 1. The van der Waals surface area contributed by atoms with Gasteiger partial charge in [-0.1, -0.05) is 42.5 Å². The number of benzene rings is 2. The molecule has 0 unspecified atom stereocenters. The highest BCUT2D eigenvalue weighted by atomic mass is 16.5. The Morgan fingerprint density at radius 1 is 1.07 bits per heavy atom. The van der Waals surface area contributed by atoms with Crippen molar-refractivity contribution in [3.63, 3.8) is 0 Å². The van der Waals surface area contributed by atoms with Crippen molar-refractivity contribution in [1.82, 2.24) is 4.90 Å². The molecule has 7 heteroatoms. The highest BCUT2D eigenvalue weighted by molar-refractivity contribution is 5.96. The van der Waals surface area contributed by atoms with Crippen LogP contribution in [0.1, 0.15) is 16.7 Å². The fourth-order valence-corrected chi connectivity index (χ4v) is 3.67. The van der Waals surface area contributed by atoms with E-state index < -0.39 is 30.5 Å². The van der Waals surface area contributed by atoms with E-state index in [1.165, 1.54) is 12.0 Å². The van der Waals surface area contributed by atoms with Gasteiger partial charge in [-0.05, 0) is 23.3 Å². The molecule has 0 aliphatic carbocycles. The predicted molar refractivity (Wildman–Crippen MR) is 107 cm³/mol. The summed E-state index contributed by atoms with van der Waals surface area (Å²) in [5.74, 6) is -0.877.